The fourth-order valence-corrected chi connectivity index (χ4v) is 1.05. The lowest BCUT2D eigenvalue weighted by Gasteiger charge is -2.11. The highest BCUT2D eigenvalue weighted by Gasteiger charge is 2.14. The third kappa shape index (κ3) is 6.46. The average molecular weight is 200 g/mol. The summed E-state index contributed by atoms with van der Waals surface area (Å²) in [5.41, 5.74) is 4.99. The predicted octanol–water partition coefficient (Wildman–Crippen LogP) is 0.660. The molecule has 4 heteroatoms. The molecular formula is C10H20N2O2. The van der Waals surface area contributed by atoms with Gasteiger partial charge in [0.05, 0.1) is 0 Å². The Kier molecular flexibility index (Phi) is 5.92. The van der Waals surface area contributed by atoms with E-state index in [-0.39, 0.29) is 18.2 Å². The van der Waals surface area contributed by atoms with Crippen molar-refractivity contribution >= 4 is 11.8 Å². The molecule has 0 aliphatic carbocycles. The van der Waals surface area contributed by atoms with Crippen molar-refractivity contribution in [2.75, 3.05) is 6.54 Å². The second-order valence-corrected chi connectivity index (χ2v) is 4.05. The Hall–Kier alpha value is -1.06. The van der Waals surface area contributed by atoms with E-state index in [0.717, 1.165) is 6.42 Å². The van der Waals surface area contributed by atoms with Crippen molar-refractivity contribution in [2.24, 2.45) is 17.6 Å². The van der Waals surface area contributed by atoms with Gasteiger partial charge in [0.15, 0.2) is 0 Å². The average Bonchev–Trinajstić information content (AvgIpc) is 2.01. The summed E-state index contributed by atoms with van der Waals surface area (Å²) in [5, 5.41) is 2.77. The van der Waals surface area contributed by atoms with Crippen LogP contribution in [-0.2, 0) is 9.59 Å². The molecule has 4 nitrogen and oxygen atoms in total. The maximum atomic E-state index is 11.3. The first-order chi connectivity index (χ1) is 6.43. The van der Waals surface area contributed by atoms with Crippen LogP contribution in [0.2, 0.25) is 0 Å². The zero-order valence-corrected chi connectivity index (χ0v) is 9.17. The smallest absolute Gasteiger partial charge is 0.223 e. The summed E-state index contributed by atoms with van der Waals surface area (Å²) in [6.07, 6.45) is 1.07. The Morgan fingerprint density at radius 2 is 1.86 bits per heavy atom. The summed E-state index contributed by atoms with van der Waals surface area (Å²) in [5.74, 6) is -0.276. The maximum absolute atomic E-state index is 11.3. The van der Waals surface area contributed by atoms with Gasteiger partial charge in [0.1, 0.15) is 0 Å². The van der Waals surface area contributed by atoms with E-state index in [1.54, 1.807) is 6.92 Å². The molecule has 0 aliphatic rings. The van der Waals surface area contributed by atoms with Crippen LogP contribution in [0.3, 0.4) is 0 Å². The lowest BCUT2D eigenvalue weighted by atomic mass is 10.1. The Balaban J connectivity index is 3.67. The number of carbonyl (C=O) groups is 2. The Labute approximate surface area is 85.2 Å². The van der Waals surface area contributed by atoms with Gasteiger partial charge in [-0.3, -0.25) is 9.59 Å². The molecule has 0 saturated carbocycles. The van der Waals surface area contributed by atoms with Crippen molar-refractivity contribution in [3.63, 3.8) is 0 Å². The zero-order valence-electron chi connectivity index (χ0n) is 9.17. The normalized spacial score (nSPS) is 12.6. The first-order valence-electron chi connectivity index (χ1n) is 4.99. The van der Waals surface area contributed by atoms with Crippen molar-refractivity contribution in [3.8, 4) is 0 Å². The molecule has 2 amide bonds. The molecule has 0 radical (unpaired) electrons. The lowest BCUT2D eigenvalue weighted by molar-refractivity contribution is -0.128. The highest BCUT2D eigenvalue weighted by molar-refractivity contribution is 5.84. The Bertz CT molecular complexity index is 202. The van der Waals surface area contributed by atoms with E-state index in [0.29, 0.717) is 12.5 Å². The molecule has 0 heterocycles. The number of rotatable bonds is 6. The Morgan fingerprint density at radius 3 is 2.29 bits per heavy atom. The SMILES string of the molecule is CC(C)CCNC(=O)C(C)CC(N)=O. The maximum Gasteiger partial charge on any atom is 0.223 e. The van der Waals surface area contributed by atoms with E-state index in [9.17, 15) is 9.59 Å². The summed E-state index contributed by atoms with van der Waals surface area (Å²) in [7, 11) is 0. The first-order valence-corrected chi connectivity index (χ1v) is 4.99. The summed E-state index contributed by atoms with van der Waals surface area (Å²) in [6, 6.07) is 0. The molecule has 0 aliphatic heterocycles. The minimum Gasteiger partial charge on any atom is -0.370 e. The third-order valence-electron chi connectivity index (χ3n) is 1.98. The van der Waals surface area contributed by atoms with E-state index in [1.807, 2.05) is 0 Å². The zero-order chi connectivity index (χ0) is 11.1. The largest absolute Gasteiger partial charge is 0.370 e. The standard InChI is InChI=1S/C10H20N2O2/c1-7(2)4-5-12-10(14)8(3)6-9(11)13/h7-8H,4-6H2,1-3H3,(H2,11,13)(H,12,14). The molecule has 1 unspecified atom stereocenters. The molecule has 0 aromatic carbocycles. The highest BCUT2D eigenvalue weighted by Crippen LogP contribution is 2.01. The van der Waals surface area contributed by atoms with E-state index in [2.05, 4.69) is 19.2 Å². The summed E-state index contributed by atoms with van der Waals surface area (Å²) in [4.78, 5) is 21.9. The minimum atomic E-state index is -0.434. The number of hydrogen-bond acceptors (Lipinski definition) is 2. The van der Waals surface area contributed by atoms with E-state index >= 15 is 0 Å². The molecule has 0 rings (SSSR count). The molecule has 0 saturated heterocycles. The molecule has 82 valence electrons. The van der Waals surface area contributed by atoms with Gasteiger partial charge in [0.25, 0.3) is 0 Å². The molecule has 0 bridgehead atoms. The molecule has 1 atom stereocenters. The van der Waals surface area contributed by atoms with Gasteiger partial charge in [0, 0.05) is 18.9 Å². The van der Waals surface area contributed by atoms with Gasteiger partial charge in [-0.1, -0.05) is 20.8 Å². The van der Waals surface area contributed by atoms with E-state index < -0.39 is 5.91 Å². The van der Waals surface area contributed by atoms with Crippen LogP contribution < -0.4 is 11.1 Å². The number of carbonyl (C=O) groups excluding carboxylic acids is 2. The molecule has 3 N–H and O–H groups in total. The van der Waals surface area contributed by atoms with Crippen LogP contribution in [0.1, 0.15) is 33.6 Å². The van der Waals surface area contributed by atoms with Crippen LogP contribution in [0, 0.1) is 11.8 Å². The van der Waals surface area contributed by atoms with Gasteiger partial charge in [-0.25, -0.2) is 0 Å². The van der Waals surface area contributed by atoms with Gasteiger partial charge in [-0.15, -0.1) is 0 Å². The summed E-state index contributed by atoms with van der Waals surface area (Å²) < 4.78 is 0. The molecule has 0 spiro atoms. The van der Waals surface area contributed by atoms with Crippen LogP contribution in [0.15, 0.2) is 0 Å². The van der Waals surface area contributed by atoms with Crippen LogP contribution in [0.5, 0.6) is 0 Å². The predicted molar refractivity (Wildman–Crippen MR) is 55.4 cm³/mol. The minimum absolute atomic E-state index is 0.0931. The summed E-state index contributed by atoms with van der Waals surface area (Å²) in [6.45, 7) is 6.56. The molecule has 0 fully saturated rings. The number of nitrogens with two attached hydrogens (primary N) is 1. The van der Waals surface area contributed by atoms with Crippen molar-refractivity contribution in [1.82, 2.24) is 5.32 Å². The third-order valence-corrected chi connectivity index (χ3v) is 1.98. The van der Waals surface area contributed by atoms with Crippen molar-refractivity contribution in [3.05, 3.63) is 0 Å². The second kappa shape index (κ2) is 6.40. The van der Waals surface area contributed by atoms with Gasteiger partial charge in [0.2, 0.25) is 11.8 Å². The Morgan fingerprint density at radius 1 is 1.29 bits per heavy atom. The number of hydrogen-bond donors (Lipinski definition) is 2. The lowest BCUT2D eigenvalue weighted by Crippen LogP contribution is -2.32. The second-order valence-electron chi connectivity index (χ2n) is 4.05. The highest BCUT2D eigenvalue weighted by atomic mass is 16.2. The van der Waals surface area contributed by atoms with E-state index in [4.69, 9.17) is 5.73 Å². The van der Waals surface area contributed by atoms with Gasteiger partial charge < -0.3 is 11.1 Å². The molecular weight excluding hydrogens is 180 g/mol. The number of nitrogens with one attached hydrogen (secondary N) is 1. The first kappa shape index (κ1) is 12.9. The van der Waals surface area contributed by atoms with Crippen molar-refractivity contribution in [1.29, 1.82) is 0 Å². The summed E-state index contributed by atoms with van der Waals surface area (Å²) >= 11 is 0. The molecule has 14 heavy (non-hydrogen) atoms. The van der Waals surface area contributed by atoms with Crippen LogP contribution in [0.25, 0.3) is 0 Å². The molecule has 0 aromatic rings. The van der Waals surface area contributed by atoms with Crippen molar-refractivity contribution < 1.29 is 9.59 Å². The van der Waals surface area contributed by atoms with Gasteiger partial charge in [-0.05, 0) is 12.3 Å². The van der Waals surface area contributed by atoms with Crippen LogP contribution >= 0.6 is 0 Å². The van der Waals surface area contributed by atoms with Gasteiger partial charge in [-0.2, -0.15) is 0 Å². The quantitative estimate of drug-likeness (QED) is 0.661. The fraction of sp³-hybridized carbons (Fsp3) is 0.800. The topological polar surface area (TPSA) is 72.2 Å². The fourth-order valence-electron chi connectivity index (χ4n) is 1.05. The van der Waals surface area contributed by atoms with E-state index in [1.165, 1.54) is 0 Å². The van der Waals surface area contributed by atoms with Crippen LogP contribution in [-0.4, -0.2) is 18.4 Å². The van der Waals surface area contributed by atoms with Crippen LogP contribution in [0.4, 0.5) is 0 Å². The van der Waals surface area contributed by atoms with Gasteiger partial charge >= 0.3 is 0 Å². The number of primary amides is 1. The number of amides is 2. The molecule has 0 aromatic heterocycles. The van der Waals surface area contributed by atoms with Crippen molar-refractivity contribution in [2.45, 2.75) is 33.6 Å². The monoisotopic (exact) mass is 200 g/mol.